The first-order valence-corrected chi connectivity index (χ1v) is 7.53. The lowest BCUT2D eigenvalue weighted by molar-refractivity contribution is -0.137. The van der Waals surface area contributed by atoms with Crippen LogP contribution in [0.25, 0.3) is 0 Å². The first kappa shape index (κ1) is 16.4. The highest BCUT2D eigenvalue weighted by Crippen LogP contribution is 2.36. The molecule has 0 spiro atoms. The average molecular weight is 321 g/mol. The molecule has 1 aromatic rings. The Morgan fingerprint density at radius 1 is 1.33 bits per heavy atom. The number of hydrogen-bond donors (Lipinski definition) is 1. The van der Waals surface area contributed by atoms with Crippen LogP contribution in [0.15, 0.2) is 18.2 Å². The van der Waals surface area contributed by atoms with Gasteiger partial charge >= 0.3 is 6.18 Å². The Labute approximate surface area is 128 Å². The first-order chi connectivity index (χ1) is 9.77. The molecule has 1 unspecified atom stereocenters. The van der Waals surface area contributed by atoms with Crippen molar-refractivity contribution >= 4 is 17.3 Å². The third kappa shape index (κ3) is 4.27. The summed E-state index contributed by atoms with van der Waals surface area (Å²) < 4.78 is 38.5. The zero-order valence-electron chi connectivity index (χ0n) is 12.2. The summed E-state index contributed by atoms with van der Waals surface area (Å²) in [5, 5.41) is 3.81. The Balaban J connectivity index is 2.20. The third-order valence-corrected chi connectivity index (χ3v) is 3.92. The topological polar surface area (TPSA) is 15.3 Å². The van der Waals surface area contributed by atoms with Crippen LogP contribution in [0, 0.1) is 0 Å². The first-order valence-electron chi connectivity index (χ1n) is 7.15. The standard InChI is InChI=1S/C15H20ClF3N2/c1-10(2)20-12-4-3-7-21(9-12)14-8-11(15(17,18)19)5-6-13(14)16/h5-6,8,10,12,20H,3-4,7,9H2,1-2H3. The lowest BCUT2D eigenvalue weighted by atomic mass is 10.0. The van der Waals surface area contributed by atoms with Gasteiger partial charge < -0.3 is 10.2 Å². The van der Waals surface area contributed by atoms with Crippen molar-refractivity contribution in [2.45, 2.75) is 44.9 Å². The number of nitrogens with one attached hydrogen (secondary N) is 1. The van der Waals surface area contributed by atoms with E-state index in [-0.39, 0.29) is 6.04 Å². The number of piperidine rings is 1. The quantitative estimate of drug-likeness (QED) is 0.892. The van der Waals surface area contributed by atoms with E-state index in [1.54, 1.807) is 0 Å². The monoisotopic (exact) mass is 320 g/mol. The van der Waals surface area contributed by atoms with E-state index in [4.69, 9.17) is 11.6 Å². The molecule has 6 heteroatoms. The second-order valence-electron chi connectivity index (χ2n) is 5.77. The van der Waals surface area contributed by atoms with Crippen molar-refractivity contribution in [1.29, 1.82) is 0 Å². The summed E-state index contributed by atoms with van der Waals surface area (Å²) in [5.41, 5.74) is -0.178. The van der Waals surface area contributed by atoms with Gasteiger partial charge in [0.05, 0.1) is 16.3 Å². The summed E-state index contributed by atoms with van der Waals surface area (Å²) in [6, 6.07) is 4.15. The highest BCUT2D eigenvalue weighted by atomic mass is 35.5. The van der Waals surface area contributed by atoms with E-state index in [1.807, 2.05) is 4.90 Å². The fourth-order valence-corrected chi connectivity index (χ4v) is 2.97. The van der Waals surface area contributed by atoms with Gasteiger partial charge in [-0.15, -0.1) is 0 Å². The van der Waals surface area contributed by atoms with Gasteiger partial charge in [0.1, 0.15) is 0 Å². The van der Waals surface area contributed by atoms with Gasteiger partial charge in [-0.05, 0) is 31.0 Å². The lowest BCUT2D eigenvalue weighted by Gasteiger charge is -2.36. The Morgan fingerprint density at radius 2 is 2.05 bits per heavy atom. The minimum absolute atomic E-state index is 0.282. The van der Waals surface area contributed by atoms with E-state index >= 15 is 0 Å². The molecule has 118 valence electrons. The van der Waals surface area contributed by atoms with Crippen LogP contribution >= 0.6 is 11.6 Å². The van der Waals surface area contributed by atoms with Crippen molar-refractivity contribution in [2.24, 2.45) is 0 Å². The summed E-state index contributed by atoms with van der Waals surface area (Å²) >= 11 is 6.10. The fourth-order valence-electron chi connectivity index (χ4n) is 2.73. The van der Waals surface area contributed by atoms with Crippen LogP contribution in [0.3, 0.4) is 0 Å². The minimum atomic E-state index is -4.34. The summed E-state index contributed by atoms with van der Waals surface area (Å²) in [6.45, 7) is 5.54. The molecule has 2 nitrogen and oxygen atoms in total. The second kappa shape index (κ2) is 6.44. The van der Waals surface area contributed by atoms with Crippen LogP contribution in [0.1, 0.15) is 32.3 Å². The summed E-state index contributed by atoms with van der Waals surface area (Å²) in [4.78, 5) is 1.95. The Hall–Kier alpha value is -0.940. The molecule has 1 aromatic carbocycles. The molecule has 0 bridgehead atoms. The molecule has 2 rings (SSSR count). The predicted octanol–water partition coefficient (Wildman–Crippen LogP) is 4.33. The van der Waals surface area contributed by atoms with Gasteiger partial charge in [-0.25, -0.2) is 0 Å². The van der Waals surface area contributed by atoms with Gasteiger partial charge in [-0.3, -0.25) is 0 Å². The average Bonchev–Trinajstić information content (AvgIpc) is 2.37. The van der Waals surface area contributed by atoms with E-state index in [1.165, 1.54) is 6.07 Å². The van der Waals surface area contributed by atoms with Crippen molar-refractivity contribution in [2.75, 3.05) is 18.0 Å². The van der Waals surface area contributed by atoms with Crippen molar-refractivity contribution in [3.63, 3.8) is 0 Å². The van der Waals surface area contributed by atoms with Gasteiger partial charge in [0.15, 0.2) is 0 Å². The maximum absolute atomic E-state index is 12.8. The Morgan fingerprint density at radius 3 is 2.67 bits per heavy atom. The number of benzene rings is 1. The van der Waals surface area contributed by atoms with Crippen LogP contribution in [-0.4, -0.2) is 25.2 Å². The molecule has 0 radical (unpaired) electrons. The Bertz CT molecular complexity index is 488. The SMILES string of the molecule is CC(C)NC1CCCN(c2cc(C(F)(F)F)ccc2Cl)C1. The summed E-state index contributed by atoms with van der Waals surface area (Å²) in [7, 11) is 0. The molecule has 0 saturated carbocycles. The molecule has 1 saturated heterocycles. The van der Waals surface area contributed by atoms with Crippen LogP contribution < -0.4 is 10.2 Å². The van der Waals surface area contributed by atoms with Crippen LogP contribution in [-0.2, 0) is 6.18 Å². The highest BCUT2D eigenvalue weighted by Gasteiger charge is 2.32. The zero-order chi connectivity index (χ0) is 15.6. The molecular formula is C15H20ClF3N2. The fraction of sp³-hybridized carbons (Fsp3) is 0.600. The molecule has 1 atom stereocenters. The molecule has 0 aliphatic carbocycles. The van der Waals surface area contributed by atoms with Gasteiger partial charge in [0.25, 0.3) is 0 Å². The lowest BCUT2D eigenvalue weighted by Crippen LogP contribution is -2.48. The number of hydrogen-bond acceptors (Lipinski definition) is 2. The molecule has 0 amide bonds. The molecule has 1 N–H and O–H groups in total. The second-order valence-corrected chi connectivity index (χ2v) is 6.18. The van der Waals surface area contributed by atoms with E-state index in [0.717, 1.165) is 31.5 Å². The maximum atomic E-state index is 12.8. The molecule has 0 aromatic heterocycles. The van der Waals surface area contributed by atoms with Gasteiger partial charge in [-0.2, -0.15) is 13.2 Å². The molecule has 1 heterocycles. The van der Waals surface area contributed by atoms with Crippen LogP contribution in [0.2, 0.25) is 5.02 Å². The zero-order valence-corrected chi connectivity index (χ0v) is 12.9. The number of alkyl halides is 3. The van der Waals surface area contributed by atoms with Crippen molar-refractivity contribution in [3.05, 3.63) is 28.8 Å². The van der Waals surface area contributed by atoms with Gasteiger partial charge in [-0.1, -0.05) is 25.4 Å². The molecule has 1 aliphatic heterocycles. The molecule has 1 fully saturated rings. The van der Waals surface area contributed by atoms with Gasteiger partial charge in [0.2, 0.25) is 0 Å². The van der Waals surface area contributed by atoms with Crippen LogP contribution in [0.5, 0.6) is 0 Å². The summed E-state index contributed by atoms with van der Waals surface area (Å²) in [6.07, 6.45) is -2.37. The van der Waals surface area contributed by atoms with Crippen LogP contribution in [0.4, 0.5) is 18.9 Å². The number of nitrogens with zero attached hydrogens (tertiary/aromatic N) is 1. The van der Waals surface area contributed by atoms with Crippen molar-refractivity contribution in [1.82, 2.24) is 5.32 Å². The number of rotatable bonds is 3. The van der Waals surface area contributed by atoms with Gasteiger partial charge in [0, 0.05) is 25.2 Å². The number of anilines is 1. The van der Waals surface area contributed by atoms with E-state index in [9.17, 15) is 13.2 Å². The maximum Gasteiger partial charge on any atom is 0.416 e. The minimum Gasteiger partial charge on any atom is -0.369 e. The predicted molar refractivity (Wildman–Crippen MR) is 80.0 cm³/mol. The van der Waals surface area contributed by atoms with Crippen molar-refractivity contribution in [3.8, 4) is 0 Å². The molecule has 1 aliphatic rings. The smallest absolute Gasteiger partial charge is 0.369 e. The molecular weight excluding hydrogens is 301 g/mol. The highest BCUT2D eigenvalue weighted by molar-refractivity contribution is 6.33. The Kier molecular flexibility index (Phi) is 5.04. The van der Waals surface area contributed by atoms with E-state index in [2.05, 4.69) is 19.2 Å². The van der Waals surface area contributed by atoms with E-state index < -0.39 is 11.7 Å². The summed E-state index contributed by atoms with van der Waals surface area (Å²) in [5.74, 6) is 0. The van der Waals surface area contributed by atoms with E-state index in [0.29, 0.717) is 23.3 Å². The third-order valence-electron chi connectivity index (χ3n) is 3.60. The largest absolute Gasteiger partial charge is 0.416 e. The normalized spacial score (nSPS) is 20.1. The molecule has 21 heavy (non-hydrogen) atoms. The van der Waals surface area contributed by atoms with Crippen molar-refractivity contribution < 1.29 is 13.2 Å². The number of halogens is 4.